The molecule has 0 amide bonds. The molecule has 14 heavy (non-hydrogen) atoms. The van der Waals surface area contributed by atoms with E-state index in [9.17, 15) is 4.79 Å². The predicted molar refractivity (Wildman–Crippen MR) is 55.1 cm³/mol. The molecular formula is C12H12O2. The number of Topliss-reactive ketones (excluding diaryl/α,β-unsaturated/α-hetero) is 1. The predicted octanol–water partition coefficient (Wildman–Crippen LogP) is 2.01. The van der Waals surface area contributed by atoms with Crippen molar-refractivity contribution in [2.45, 2.75) is 5.92 Å². The van der Waals surface area contributed by atoms with Gasteiger partial charge in [-0.3, -0.25) is 4.79 Å². The molecule has 1 aliphatic rings. The van der Waals surface area contributed by atoms with Crippen molar-refractivity contribution in [2.75, 3.05) is 13.2 Å². The third-order valence-corrected chi connectivity index (χ3v) is 2.51. The van der Waals surface area contributed by atoms with E-state index in [0.717, 1.165) is 11.1 Å². The van der Waals surface area contributed by atoms with Crippen LogP contribution >= 0.6 is 0 Å². The van der Waals surface area contributed by atoms with E-state index in [1.165, 1.54) is 0 Å². The van der Waals surface area contributed by atoms with Crippen LogP contribution in [0.15, 0.2) is 30.8 Å². The number of carbonyl (C=O) groups is 1. The highest BCUT2D eigenvalue weighted by Gasteiger charge is 2.27. The molecule has 1 aliphatic heterocycles. The summed E-state index contributed by atoms with van der Waals surface area (Å²) in [6.07, 6.45) is 1.78. The van der Waals surface area contributed by atoms with Crippen LogP contribution in [0.3, 0.4) is 0 Å². The van der Waals surface area contributed by atoms with E-state index >= 15 is 0 Å². The van der Waals surface area contributed by atoms with Crippen LogP contribution in [0.25, 0.3) is 6.08 Å². The lowest BCUT2D eigenvalue weighted by Crippen LogP contribution is -2.10. The first-order valence-electron chi connectivity index (χ1n) is 4.64. The first-order chi connectivity index (χ1) is 6.83. The summed E-state index contributed by atoms with van der Waals surface area (Å²) >= 11 is 0. The van der Waals surface area contributed by atoms with Crippen molar-refractivity contribution in [3.05, 3.63) is 42.0 Å². The van der Waals surface area contributed by atoms with Gasteiger partial charge in [0, 0.05) is 0 Å². The summed E-state index contributed by atoms with van der Waals surface area (Å²) in [5.41, 5.74) is 2.06. The van der Waals surface area contributed by atoms with Gasteiger partial charge in [0.2, 0.25) is 0 Å². The van der Waals surface area contributed by atoms with Gasteiger partial charge < -0.3 is 4.74 Å². The van der Waals surface area contributed by atoms with Crippen molar-refractivity contribution < 1.29 is 9.53 Å². The Morgan fingerprint density at radius 3 is 2.86 bits per heavy atom. The topological polar surface area (TPSA) is 26.3 Å². The van der Waals surface area contributed by atoms with Crippen LogP contribution < -0.4 is 0 Å². The normalized spacial score (nSPS) is 21.1. The number of benzene rings is 1. The van der Waals surface area contributed by atoms with Gasteiger partial charge in [-0.15, -0.1) is 0 Å². The summed E-state index contributed by atoms with van der Waals surface area (Å²) in [4.78, 5) is 11.5. The number of rotatable bonds is 2. The highest BCUT2D eigenvalue weighted by Crippen LogP contribution is 2.25. The molecule has 0 radical (unpaired) electrons. The number of ketones is 1. The van der Waals surface area contributed by atoms with Crippen LogP contribution in [0, 0.1) is 0 Å². The SMILES string of the molecule is C=Cc1ccccc1[C@H]1COCC1=O. The third-order valence-electron chi connectivity index (χ3n) is 2.51. The molecule has 0 aliphatic carbocycles. The quantitative estimate of drug-likeness (QED) is 0.709. The van der Waals surface area contributed by atoms with Crippen LogP contribution in [-0.4, -0.2) is 19.0 Å². The molecule has 1 atom stereocenters. The Bertz CT molecular complexity index is 368. The fourth-order valence-corrected chi connectivity index (χ4v) is 1.75. The largest absolute Gasteiger partial charge is 0.373 e. The van der Waals surface area contributed by atoms with Crippen molar-refractivity contribution >= 4 is 11.9 Å². The Hall–Kier alpha value is -1.41. The summed E-state index contributed by atoms with van der Waals surface area (Å²) in [7, 11) is 0. The molecule has 1 saturated heterocycles. The van der Waals surface area contributed by atoms with Crippen LogP contribution in [0.1, 0.15) is 17.0 Å². The van der Waals surface area contributed by atoms with Gasteiger partial charge in [-0.2, -0.15) is 0 Å². The minimum absolute atomic E-state index is 0.0933. The molecule has 0 aromatic heterocycles. The van der Waals surface area contributed by atoms with E-state index in [-0.39, 0.29) is 18.3 Å². The highest BCUT2D eigenvalue weighted by atomic mass is 16.5. The van der Waals surface area contributed by atoms with E-state index < -0.39 is 0 Å². The first-order valence-corrected chi connectivity index (χ1v) is 4.64. The average molecular weight is 188 g/mol. The molecule has 1 heterocycles. The fraction of sp³-hybridized carbons (Fsp3) is 0.250. The maximum Gasteiger partial charge on any atom is 0.168 e. The summed E-state index contributed by atoms with van der Waals surface area (Å²) in [6, 6.07) is 7.82. The molecule has 0 spiro atoms. The molecular weight excluding hydrogens is 176 g/mol. The van der Waals surface area contributed by atoms with E-state index in [2.05, 4.69) is 6.58 Å². The number of carbonyl (C=O) groups excluding carboxylic acids is 1. The fourth-order valence-electron chi connectivity index (χ4n) is 1.75. The molecule has 2 heteroatoms. The maximum atomic E-state index is 11.5. The van der Waals surface area contributed by atoms with Gasteiger partial charge in [0.05, 0.1) is 12.5 Å². The Kier molecular flexibility index (Phi) is 2.46. The van der Waals surface area contributed by atoms with Crippen LogP contribution in [0.2, 0.25) is 0 Å². The summed E-state index contributed by atoms with van der Waals surface area (Å²) in [5.74, 6) is 0.0727. The van der Waals surface area contributed by atoms with E-state index in [4.69, 9.17) is 4.74 Å². The minimum atomic E-state index is -0.0933. The van der Waals surface area contributed by atoms with Crippen molar-refractivity contribution in [2.24, 2.45) is 0 Å². The van der Waals surface area contributed by atoms with E-state index in [0.29, 0.717) is 6.61 Å². The summed E-state index contributed by atoms with van der Waals surface area (Å²) in [5, 5.41) is 0. The maximum absolute atomic E-state index is 11.5. The summed E-state index contributed by atoms with van der Waals surface area (Å²) in [6.45, 7) is 4.49. The molecule has 0 bridgehead atoms. The zero-order valence-corrected chi connectivity index (χ0v) is 7.90. The Labute approximate surface area is 83.2 Å². The van der Waals surface area contributed by atoms with Gasteiger partial charge in [-0.1, -0.05) is 36.9 Å². The number of hydrogen-bond acceptors (Lipinski definition) is 2. The molecule has 2 rings (SSSR count). The first kappa shape index (κ1) is 9.16. The van der Waals surface area contributed by atoms with Crippen molar-refractivity contribution in [3.63, 3.8) is 0 Å². The molecule has 72 valence electrons. The lowest BCUT2D eigenvalue weighted by Gasteiger charge is -2.09. The van der Waals surface area contributed by atoms with Gasteiger partial charge in [0.1, 0.15) is 6.61 Å². The second kappa shape index (κ2) is 3.76. The lowest BCUT2D eigenvalue weighted by molar-refractivity contribution is -0.118. The molecule has 0 saturated carbocycles. The second-order valence-electron chi connectivity index (χ2n) is 3.37. The molecule has 1 aromatic carbocycles. The zero-order valence-electron chi connectivity index (χ0n) is 7.90. The monoisotopic (exact) mass is 188 g/mol. The molecule has 0 unspecified atom stereocenters. The molecule has 1 fully saturated rings. The standard InChI is InChI=1S/C12H12O2/c1-2-9-5-3-4-6-10(9)11-7-14-8-12(11)13/h2-6,11H,1,7-8H2/t11-/m1/s1. The van der Waals surface area contributed by atoms with Gasteiger partial charge in [-0.05, 0) is 11.1 Å². The van der Waals surface area contributed by atoms with Crippen molar-refractivity contribution in [1.29, 1.82) is 0 Å². The van der Waals surface area contributed by atoms with Crippen LogP contribution in [0.4, 0.5) is 0 Å². The van der Waals surface area contributed by atoms with Crippen LogP contribution in [-0.2, 0) is 9.53 Å². The molecule has 1 aromatic rings. The van der Waals surface area contributed by atoms with Gasteiger partial charge in [0.15, 0.2) is 5.78 Å². The third kappa shape index (κ3) is 1.49. The van der Waals surface area contributed by atoms with Crippen LogP contribution in [0.5, 0.6) is 0 Å². The average Bonchev–Trinajstić information content (AvgIpc) is 2.64. The number of hydrogen-bond donors (Lipinski definition) is 0. The summed E-state index contributed by atoms with van der Waals surface area (Å²) < 4.78 is 5.14. The van der Waals surface area contributed by atoms with Gasteiger partial charge in [-0.25, -0.2) is 0 Å². The molecule has 0 N–H and O–H groups in total. The highest BCUT2D eigenvalue weighted by molar-refractivity contribution is 5.89. The Balaban J connectivity index is 2.39. The van der Waals surface area contributed by atoms with E-state index in [1.54, 1.807) is 6.08 Å². The van der Waals surface area contributed by atoms with Crippen molar-refractivity contribution in [1.82, 2.24) is 0 Å². The Morgan fingerprint density at radius 2 is 2.21 bits per heavy atom. The van der Waals surface area contributed by atoms with Crippen molar-refractivity contribution in [3.8, 4) is 0 Å². The second-order valence-corrected chi connectivity index (χ2v) is 3.37. The lowest BCUT2D eigenvalue weighted by atomic mass is 9.93. The van der Waals surface area contributed by atoms with E-state index in [1.807, 2.05) is 24.3 Å². The minimum Gasteiger partial charge on any atom is -0.373 e. The molecule has 2 nitrogen and oxygen atoms in total. The smallest absolute Gasteiger partial charge is 0.168 e. The van der Waals surface area contributed by atoms with Gasteiger partial charge >= 0.3 is 0 Å². The number of ether oxygens (including phenoxy) is 1. The zero-order chi connectivity index (χ0) is 9.97. The van der Waals surface area contributed by atoms with Gasteiger partial charge in [0.25, 0.3) is 0 Å². The Morgan fingerprint density at radius 1 is 1.43 bits per heavy atom.